The number of fused-ring (bicyclic) bond motifs is 6. The second-order valence-electron chi connectivity index (χ2n) is 17.3. The lowest BCUT2D eigenvalue weighted by atomic mass is 9.92. The van der Waals surface area contributed by atoms with Gasteiger partial charge < -0.3 is 39.3 Å². The third-order valence-electron chi connectivity index (χ3n) is 13.2. The highest BCUT2D eigenvalue weighted by atomic mass is 16.5. The molecule has 0 bridgehead atoms. The van der Waals surface area contributed by atoms with Crippen LogP contribution in [0.2, 0.25) is 0 Å². The predicted octanol–water partition coefficient (Wildman–Crippen LogP) is 8.36. The largest absolute Gasteiger partial charge is 0.488 e. The van der Waals surface area contributed by atoms with Crippen molar-refractivity contribution in [2.75, 3.05) is 20.3 Å². The first kappa shape index (κ1) is 39.1. The molecule has 13 heteroatoms. The summed E-state index contributed by atoms with van der Waals surface area (Å²) in [5, 5.41) is 4.83. The lowest BCUT2D eigenvalue weighted by Gasteiger charge is -2.32. The highest BCUT2D eigenvalue weighted by Crippen LogP contribution is 2.44. The normalized spacial score (nSPS) is 23.3. The molecule has 0 saturated carbocycles. The fraction of sp³-hybridized carbons (Fsp3) is 0.500. The number of carbonyl (C=O) groups excluding carboxylic acids is 3. The summed E-state index contributed by atoms with van der Waals surface area (Å²) in [6.45, 7) is 9.93. The molecule has 3 saturated heterocycles. The first-order valence-electron chi connectivity index (χ1n) is 21.4. The quantitative estimate of drug-likeness (QED) is 0.134. The van der Waals surface area contributed by atoms with Gasteiger partial charge in [-0.05, 0) is 110 Å². The van der Waals surface area contributed by atoms with Crippen LogP contribution in [-0.4, -0.2) is 86.1 Å². The van der Waals surface area contributed by atoms with Gasteiger partial charge in [-0.25, -0.2) is 14.8 Å². The predicted molar refractivity (Wildman–Crippen MR) is 224 cm³/mol. The highest BCUT2D eigenvalue weighted by Gasteiger charge is 2.42. The Morgan fingerprint density at radius 2 is 1.80 bits per heavy atom. The van der Waals surface area contributed by atoms with Crippen molar-refractivity contribution in [2.45, 2.75) is 116 Å². The van der Waals surface area contributed by atoms with Crippen molar-refractivity contribution in [1.82, 2.24) is 35.1 Å². The van der Waals surface area contributed by atoms with E-state index < -0.39 is 12.1 Å². The van der Waals surface area contributed by atoms with E-state index >= 15 is 0 Å². The standard InChI is InChI=1S/C46H55N7O6/c1-6-31-12-16-38(53(31)40(54)18-27-8-7-17-58-23-27)44-48-35-14-11-28-20-34-32-13-10-29(19-30(32)24-59-39(34)21-33(28)42(35)50-44)36-22-47-43(49-36)37-15-9-26(4)52(37)45(55)41(25(2)3)51-46(56)57-5/h10-11,13-14,19-22,25-27,31,37-38,41H,6-9,12,15-18,23-24H2,1-5H3,(H,47,49)(H,48,50)(H,51,56)/t26-,27?,31-,37-,38-,41?/m0/s1. The molecule has 0 radical (unpaired) electrons. The minimum atomic E-state index is -0.705. The Labute approximate surface area is 344 Å². The van der Waals surface area contributed by atoms with E-state index in [-0.39, 0.29) is 47.8 Å². The number of rotatable bonds is 9. The molecule has 310 valence electrons. The molecule has 3 fully saturated rings. The van der Waals surface area contributed by atoms with Crippen LogP contribution in [0.5, 0.6) is 5.75 Å². The zero-order chi connectivity index (χ0) is 40.9. The highest BCUT2D eigenvalue weighted by molar-refractivity contribution is 6.07. The van der Waals surface area contributed by atoms with Gasteiger partial charge in [0, 0.05) is 42.7 Å². The van der Waals surface area contributed by atoms with Gasteiger partial charge in [-0.2, -0.15) is 0 Å². The Hall–Kier alpha value is -5.43. The van der Waals surface area contributed by atoms with Crippen molar-refractivity contribution in [3.63, 3.8) is 0 Å². The first-order chi connectivity index (χ1) is 28.6. The number of likely N-dealkylation sites (tertiary alicyclic amines) is 2. The van der Waals surface area contributed by atoms with Gasteiger partial charge in [-0.1, -0.05) is 39.0 Å². The van der Waals surface area contributed by atoms with Crippen LogP contribution in [0.1, 0.15) is 108 Å². The van der Waals surface area contributed by atoms with E-state index in [9.17, 15) is 14.4 Å². The number of imidazole rings is 2. The summed E-state index contributed by atoms with van der Waals surface area (Å²) in [6, 6.07) is 14.2. The Bertz CT molecular complexity index is 2400. The Morgan fingerprint density at radius 1 is 0.966 bits per heavy atom. The molecule has 2 unspecified atom stereocenters. The molecule has 2 aromatic heterocycles. The van der Waals surface area contributed by atoms with Crippen LogP contribution in [0.15, 0.2) is 48.7 Å². The average Bonchev–Trinajstić information content (AvgIpc) is 4.07. The number of benzene rings is 3. The summed E-state index contributed by atoms with van der Waals surface area (Å²) in [6.07, 6.45) is 8.22. The summed E-state index contributed by atoms with van der Waals surface area (Å²) in [4.78, 5) is 60.9. The van der Waals surface area contributed by atoms with E-state index in [1.165, 1.54) is 7.11 Å². The maximum atomic E-state index is 13.9. The molecular weight excluding hydrogens is 747 g/mol. The summed E-state index contributed by atoms with van der Waals surface area (Å²) in [7, 11) is 1.30. The minimum Gasteiger partial charge on any atom is -0.488 e. The fourth-order valence-corrected chi connectivity index (χ4v) is 10.0. The van der Waals surface area contributed by atoms with Gasteiger partial charge in [-0.3, -0.25) is 9.59 Å². The molecule has 0 spiro atoms. The van der Waals surface area contributed by atoms with E-state index in [0.29, 0.717) is 19.6 Å². The number of nitrogens with zero attached hydrogens (tertiary/aromatic N) is 4. The smallest absolute Gasteiger partial charge is 0.407 e. The lowest BCUT2D eigenvalue weighted by Crippen LogP contribution is -2.52. The van der Waals surface area contributed by atoms with E-state index in [1.54, 1.807) is 0 Å². The van der Waals surface area contributed by atoms with Gasteiger partial charge in [0.05, 0.1) is 42.1 Å². The molecule has 3 N–H and O–H groups in total. The van der Waals surface area contributed by atoms with Crippen molar-refractivity contribution in [3.8, 4) is 28.1 Å². The van der Waals surface area contributed by atoms with Crippen molar-refractivity contribution in [2.24, 2.45) is 11.8 Å². The van der Waals surface area contributed by atoms with Crippen LogP contribution in [-0.2, 0) is 25.7 Å². The van der Waals surface area contributed by atoms with Gasteiger partial charge in [0.25, 0.3) is 0 Å². The molecule has 59 heavy (non-hydrogen) atoms. The molecule has 3 aromatic carbocycles. The molecule has 6 heterocycles. The van der Waals surface area contributed by atoms with Gasteiger partial charge >= 0.3 is 6.09 Å². The molecular formula is C46H55N7O6. The maximum absolute atomic E-state index is 13.9. The zero-order valence-electron chi connectivity index (χ0n) is 34.7. The van der Waals surface area contributed by atoms with E-state index in [2.05, 4.69) is 69.6 Å². The van der Waals surface area contributed by atoms with Crippen molar-refractivity contribution in [3.05, 3.63) is 65.9 Å². The molecule has 13 nitrogen and oxygen atoms in total. The zero-order valence-corrected chi connectivity index (χ0v) is 34.7. The van der Waals surface area contributed by atoms with E-state index in [0.717, 1.165) is 119 Å². The van der Waals surface area contributed by atoms with Crippen molar-refractivity contribution < 1.29 is 28.6 Å². The van der Waals surface area contributed by atoms with Gasteiger partial charge in [0.15, 0.2) is 0 Å². The molecule has 9 rings (SSSR count). The lowest BCUT2D eigenvalue weighted by molar-refractivity contribution is -0.137. The number of amides is 3. The number of aromatic amines is 2. The Kier molecular flexibility index (Phi) is 10.6. The number of aromatic nitrogens is 4. The number of H-pyrrole nitrogens is 2. The molecule has 4 aliphatic heterocycles. The topological polar surface area (TPSA) is 155 Å². The SMILES string of the molecule is CC[C@H]1CC[C@@H](c2nc3c(ccc4cc5c(cc43)OCc3cc(-c4cnc([C@@H]6CC[C@H](C)N6C(=O)C(NC(=O)OC)C(C)C)[nH]4)ccc3-5)[nH]2)N1C(=O)CC1CCCOC1. The Morgan fingerprint density at radius 3 is 2.58 bits per heavy atom. The summed E-state index contributed by atoms with van der Waals surface area (Å²) >= 11 is 0. The van der Waals surface area contributed by atoms with Crippen LogP contribution in [0.4, 0.5) is 4.79 Å². The number of ether oxygens (including phenoxy) is 3. The third-order valence-corrected chi connectivity index (χ3v) is 13.2. The summed E-state index contributed by atoms with van der Waals surface area (Å²) in [5.41, 5.74) is 6.92. The van der Waals surface area contributed by atoms with Gasteiger partial charge in [0.1, 0.15) is 30.0 Å². The van der Waals surface area contributed by atoms with E-state index in [1.807, 2.05) is 31.9 Å². The Balaban J connectivity index is 0.961. The number of nitrogens with one attached hydrogen (secondary N) is 3. The second kappa shape index (κ2) is 16.0. The number of methoxy groups -OCH3 is 1. The van der Waals surface area contributed by atoms with Gasteiger partial charge in [0.2, 0.25) is 11.8 Å². The molecule has 3 amide bonds. The number of alkyl carbamates (subject to hydrolysis) is 1. The number of hydrogen-bond donors (Lipinski definition) is 3. The van der Waals surface area contributed by atoms with Crippen LogP contribution >= 0.6 is 0 Å². The van der Waals surface area contributed by atoms with Crippen molar-refractivity contribution in [1.29, 1.82) is 0 Å². The molecule has 0 aliphatic carbocycles. The van der Waals surface area contributed by atoms with Crippen LogP contribution in [0.3, 0.4) is 0 Å². The molecule has 6 atom stereocenters. The van der Waals surface area contributed by atoms with Crippen LogP contribution < -0.4 is 10.1 Å². The fourth-order valence-electron chi connectivity index (χ4n) is 10.0. The van der Waals surface area contributed by atoms with E-state index in [4.69, 9.17) is 24.2 Å². The second-order valence-corrected chi connectivity index (χ2v) is 17.3. The van der Waals surface area contributed by atoms with Gasteiger partial charge in [-0.15, -0.1) is 0 Å². The average molecular weight is 802 g/mol. The first-order valence-corrected chi connectivity index (χ1v) is 21.4. The maximum Gasteiger partial charge on any atom is 0.407 e. The minimum absolute atomic E-state index is 0.00112. The summed E-state index contributed by atoms with van der Waals surface area (Å²) < 4.78 is 17.0. The van der Waals surface area contributed by atoms with Crippen molar-refractivity contribution >= 4 is 39.7 Å². The van der Waals surface area contributed by atoms with Crippen LogP contribution in [0.25, 0.3) is 44.2 Å². The molecule has 5 aromatic rings. The molecule has 4 aliphatic rings. The summed E-state index contributed by atoms with van der Waals surface area (Å²) in [5.74, 6) is 2.64. The number of carbonyl (C=O) groups is 3. The number of hydrogen-bond acceptors (Lipinski definition) is 8. The van der Waals surface area contributed by atoms with Crippen LogP contribution in [0, 0.1) is 11.8 Å². The third kappa shape index (κ3) is 7.21. The monoisotopic (exact) mass is 801 g/mol.